The van der Waals surface area contributed by atoms with Crippen LogP contribution in [0.1, 0.15) is 34.1 Å². The van der Waals surface area contributed by atoms with E-state index in [1.165, 1.54) is 23.9 Å². The monoisotopic (exact) mass is 613 g/mol. The molecule has 0 bridgehead atoms. The Bertz CT molecular complexity index is 1560. The van der Waals surface area contributed by atoms with Gasteiger partial charge in [-0.3, -0.25) is 9.59 Å². The van der Waals surface area contributed by atoms with Gasteiger partial charge in [0, 0.05) is 42.4 Å². The second-order valence-electron chi connectivity index (χ2n) is 10.8. The topological polar surface area (TPSA) is 87.7 Å². The van der Waals surface area contributed by atoms with Gasteiger partial charge in [-0.2, -0.15) is 0 Å². The van der Waals surface area contributed by atoms with Crippen LogP contribution in [0.4, 0.5) is 15.8 Å². The van der Waals surface area contributed by atoms with Crippen LogP contribution < -0.4 is 10.2 Å². The summed E-state index contributed by atoms with van der Waals surface area (Å²) in [4.78, 5) is 40.8. The van der Waals surface area contributed by atoms with E-state index in [-0.39, 0.29) is 29.9 Å². The second kappa shape index (κ2) is 14.5. The van der Waals surface area contributed by atoms with E-state index >= 15 is 0 Å². The number of hydrogen-bond donors (Lipinski definition) is 1. The van der Waals surface area contributed by atoms with Crippen LogP contribution in [-0.2, 0) is 20.9 Å². The van der Waals surface area contributed by atoms with Gasteiger partial charge in [0.15, 0.2) is 5.16 Å². The summed E-state index contributed by atoms with van der Waals surface area (Å²) in [6.45, 7) is 8.83. The van der Waals surface area contributed by atoms with Crippen LogP contribution >= 0.6 is 11.8 Å². The van der Waals surface area contributed by atoms with Crippen molar-refractivity contribution >= 4 is 35.0 Å². The first-order valence-corrected chi connectivity index (χ1v) is 15.5. The third kappa shape index (κ3) is 8.21. The van der Waals surface area contributed by atoms with E-state index in [0.29, 0.717) is 35.2 Å². The Labute approximate surface area is 261 Å². The average Bonchev–Trinajstić information content (AvgIpc) is 3.02. The molecule has 5 rings (SSSR count). The van der Waals surface area contributed by atoms with Gasteiger partial charge < -0.3 is 19.9 Å². The van der Waals surface area contributed by atoms with Gasteiger partial charge in [-0.15, -0.1) is 0 Å². The number of thioether (sulfide) groups is 1. The fourth-order valence-corrected chi connectivity index (χ4v) is 5.92. The van der Waals surface area contributed by atoms with Gasteiger partial charge in [0.2, 0.25) is 5.91 Å². The lowest BCUT2D eigenvalue weighted by atomic mass is 10.0. The molecule has 1 atom stereocenters. The molecule has 1 unspecified atom stereocenters. The Hall–Kier alpha value is -4.28. The number of hydrogen-bond acceptors (Lipinski definition) is 7. The fourth-order valence-electron chi connectivity index (χ4n) is 5.09. The molecule has 1 saturated heterocycles. The highest BCUT2D eigenvalue weighted by molar-refractivity contribution is 7.99. The zero-order valence-electron chi connectivity index (χ0n) is 25.1. The van der Waals surface area contributed by atoms with E-state index in [9.17, 15) is 14.0 Å². The lowest BCUT2D eigenvalue weighted by molar-refractivity contribution is -0.137. The molecule has 10 heteroatoms. The Balaban J connectivity index is 1.44. The highest BCUT2D eigenvalue weighted by Crippen LogP contribution is 2.28. The van der Waals surface area contributed by atoms with Gasteiger partial charge in [-0.25, -0.2) is 14.4 Å². The van der Waals surface area contributed by atoms with Crippen LogP contribution in [0.2, 0.25) is 0 Å². The third-order valence-corrected chi connectivity index (χ3v) is 8.17. The number of aryl methyl sites for hydroxylation is 3. The number of morpholine rings is 1. The molecule has 8 nitrogen and oxygen atoms in total. The largest absolute Gasteiger partial charge is 0.378 e. The van der Waals surface area contributed by atoms with Gasteiger partial charge in [-0.1, -0.05) is 53.7 Å². The number of anilines is 2. The van der Waals surface area contributed by atoms with Crippen molar-refractivity contribution in [3.8, 4) is 0 Å². The smallest absolute Gasteiger partial charge is 0.251 e. The van der Waals surface area contributed by atoms with Crippen molar-refractivity contribution in [1.82, 2.24) is 14.9 Å². The molecule has 44 heavy (non-hydrogen) atoms. The first-order chi connectivity index (χ1) is 21.2. The number of nitrogens with zero attached hydrogens (tertiary/aromatic N) is 4. The van der Waals surface area contributed by atoms with Crippen molar-refractivity contribution in [3.63, 3.8) is 0 Å². The maximum atomic E-state index is 14.1. The van der Waals surface area contributed by atoms with Crippen LogP contribution in [0.5, 0.6) is 0 Å². The molecule has 2 heterocycles. The summed E-state index contributed by atoms with van der Waals surface area (Å²) in [6.07, 6.45) is 0. The molecule has 4 aromatic rings. The molecule has 0 aliphatic carbocycles. The van der Waals surface area contributed by atoms with Crippen molar-refractivity contribution < 1.29 is 18.7 Å². The number of halogens is 1. The van der Waals surface area contributed by atoms with E-state index < -0.39 is 6.04 Å². The SMILES string of the molecule is Cc1ccc(C(C(=O)Nc2ccc(N3CCOCC3)cc2)N(Cc2ccc(F)cc2)C(=O)CSc2nc(C)cc(C)n2)cc1. The third-order valence-electron chi connectivity index (χ3n) is 7.34. The van der Waals surface area contributed by atoms with Crippen molar-refractivity contribution in [2.75, 3.05) is 42.3 Å². The van der Waals surface area contributed by atoms with E-state index in [4.69, 9.17) is 4.74 Å². The predicted octanol–water partition coefficient (Wildman–Crippen LogP) is 5.88. The summed E-state index contributed by atoms with van der Waals surface area (Å²) in [7, 11) is 0. The van der Waals surface area contributed by atoms with Gasteiger partial charge in [0.1, 0.15) is 11.9 Å². The molecule has 3 aromatic carbocycles. The Morgan fingerprint density at radius 2 is 1.57 bits per heavy atom. The average molecular weight is 614 g/mol. The summed E-state index contributed by atoms with van der Waals surface area (Å²) in [5.74, 6) is -0.974. The molecule has 0 saturated carbocycles. The molecule has 1 fully saturated rings. The number of amides is 2. The number of benzene rings is 3. The molecule has 1 N–H and O–H groups in total. The quantitative estimate of drug-likeness (QED) is 0.177. The van der Waals surface area contributed by atoms with Crippen LogP contribution in [0.3, 0.4) is 0 Å². The van der Waals surface area contributed by atoms with Crippen LogP contribution in [0.15, 0.2) is 84.0 Å². The maximum Gasteiger partial charge on any atom is 0.251 e. The van der Waals surface area contributed by atoms with Crippen molar-refractivity contribution in [1.29, 1.82) is 0 Å². The Morgan fingerprint density at radius 1 is 0.932 bits per heavy atom. The first kappa shape index (κ1) is 31.2. The normalized spacial score (nSPS) is 13.8. The Kier molecular flexibility index (Phi) is 10.2. The summed E-state index contributed by atoms with van der Waals surface area (Å²) in [5.41, 5.74) is 5.70. The minimum atomic E-state index is -0.951. The molecule has 0 radical (unpaired) electrons. The molecule has 0 spiro atoms. The lowest BCUT2D eigenvalue weighted by Gasteiger charge is -2.32. The molecule has 1 aliphatic rings. The number of rotatable bonds is 10. The van der Waals surface area contributed by atoms with Crippen molar-refractivity contribution in [3.05, 3.63) is 113 Å². The zero-order chi connectivity index (χ0) is 31.1. The predicted molar refractivity (Wildman–Crippen MR) is 171 cm³/mol. The van der Waals surface area contributed by atoms with Gasteiger partial charge in [-0.05, 0) is 74.4 Å². The number of carbonyl (C=O) groups excluding carboxylic acids is 2. The molecule has 228 valence electrons. The highest BCUT2D eigenvalue weighted by Gasteiger charge is 2.32. The van der Waals surface area contributed by atoms with E-state index in [2.05, 4.69) is 20.2 Å². The van der Waals surface area contributed by atoms with E-state index in [0.717, 1.165) is 35.7 Å². The van der Waals surface area contributed by atoms with Gasteiger partial charge >= 0.3 is 0 Å². The van der Waals surface area contributed by atoms with Crippen LogP contribution in [0, 0.1) is 26.6 Å². The van der Waals surface area contributed by atoms with Crippen molar-refractivity contribution in [2.24, 2.45) is 0 Å². The van der Waals surface area contributed by atoms with E-state index in [1.54, 1.807) is 17.0 Å². The summed E-state index contributed by atoms with van der Waals surface area (Å²) in [6, 6.07) is 22.2. The number of aromatic nitrogens is 2. The van der Waals surface area contributed by atoms with Crippen molar-refractivity contribution in [2.45, 2.75) is 38.5 Å². The minimum absolute atomic E-state index is 0.0218. The molecular weight excluding hydrogens is 577 g/mol. The fraction of sp³-hybridized carbons (Fsp3) is 0.294. The summed E-state index contributed by atoms with van der Waals surface area (Å²) >= 11 is 1.23. The zero-order valence-corrected chi connectivity index (χ0v) is 25.9. The summed E-state index contributed by atoms with van der Waals surface area (Å²) in [5, 5.41) is 3.53. The number of nitrogens with one attached hydrogen (secondary N) is 1. The second-order valence-corrected chi connectivity index (χ2v) is 11.8. The van der Waals surface area contributed by atoms with Gasteiger partial charge in [0.05, 0.1) is 19.0 Å². The lowest BCUT2D eigenvalue weighted by Crippen LogP contribution is -2.41. The first-order valence-electron chi connectivity index (χ1n) is 14.5. The molecular formula is C34H36FN5O3S. The number of ether oxygens (including phenoxy) is 1. The Morgan fingerprint density at radius 3 is 2.20 bits per heavy atom. The van der Waals surface area contributed by atoms with Gasteiger partial charge in [0.25, 0.3) is 5.91 Å². The van der Waals surface area contributed by atoms with Crippen LogP contribution in [0.25, 0.3) is 0 Å². The molecule has 2 amide bonds. The standard InChI is InChI=1S/C34H36FN5O3S/c1-23-4-8-27(9-5-23)32(33(42)38-29-12-14-30(15-13-29)39-16-18-43-19-17-39)40(21-26-6-10-28(35)11-7-26)31(41)22-44-34-36-24(2)20-25(3)37-34/h4-15,20,32H,16-19,21-22H2,1-3H3,(H,38,42). The van der Waals surface area contributed by atoms with Crippen LogP contribution in [-0.4, -0.2) is 58.7 Å². The molecule has 1 aromatic heterocycles. The number of carbonyl (C=O) groups is 2. The highest BCUT2D eigenvalue weighted by atomic mass is 32.2. The maximum absolute atomic E-state index is 14.1. The molecule has 1 aliphatic heterocycles. The summed E-state index contributed by atoms with van der Waals surface area (Å²) < 4.78 is 19.2. The van der Waals surface area contributed by atoms with E-state index in [1.807, 2.05) is 75.4 Å². The minimum Gasteiger partial charge on any atom is -0.378 e.